The fraction of sp³-hybridized carbons (Fsp3) is 0.500. The molecule has 4 amide bonds. The second-order valence-corrected chi connectivity index (χ2v) is 7.33. The molecule has 158 valence electrons. The SMILES string of the molecule is O=C(NCC(F)(F)F)C1CCCN1C(=O)Nc1cc(N2CCCC2=O)ccc1Cl. The molecule has 2 heterocycles. The zero-order valence-electron chi connectivity index (χ0n) is 15.4. The molecule has 0 radical (unpaired) electrons. The van der Waals surface area contributed by atoms with Crippen molar-refractivity contribution in [3.63, 3.8) is 0 Å². The van der Waals surface area contributed by atoms with E-state index in [4.69, 9.17) is 11.6 Å². The second kappa shape index (κ2) is 8.48. The van der Waals surface area contributed by atoms with Crippen molar-refractivity contribution in [2.75, 3.05) is 29.9 Å². The summed E-state index contributed by atoms with van der Waals surface area (Å²) in [6.07, 6.45) is -2.57. The van der Waals surface area contributed by atoms with Gasteiger partial charge in [-0.1, -0.05) is 11.6 Å². The van der Waals surface area contributed by atoms with E-state index in [1.165, 1.54) is 4.90 Å². The minimum Gasteiger partial charge on any atom is -0.345 e. The molecule has 1 aromatic carbocycles. The first-order valence-corrected chi connectivity index (χ1v) is 9.55. The quantitative estimate of drug-likeness (QED) is 0.767. The number of likely N-dealkylation sites (tertiary alicyclic amines) is 1. The topological polar surface area (TPSA) is 81.8 Å². The van der Waals surface area contributed by atoms with E-state index >= 15 is 0 Å². The van der Waals surface area contributed by atoms with Crippen LogP contribution in [0.5, 0.6) is 0 Å². The van der Waals surface area contributed by atoms with Gasteiger partial charge in [0.15, 0.2) is 0 Å². The van der Waals surface area contributed by atoms with Gasteiger partial charge in [0.05, 0.1) is 10.7 Å². The highest BCUT2D eigenvalue weighted by molar-refractivity contribution is 6.33. The van der Waals surface area contributed by atoms with Crippen LogP contribution in [0.4, 0.5) is 29.3 Å². The first-order valence-electron chi connectivity index (χ1n) is 9.18. The third kappa shape index (κ3) is 5.11. The number of alkyl halides is 3. The summed E-state index contributed by atoms with van der Waals surface area (Å²) >= 11 is 6.15. The van der Waals surface area contributed by atoms with E-state index in [9.17, 15) is 27.6 Å². The summed E-state index contributed by atoms with van der Waals surface area (Å²) in [5.74, 6) is -0.872. The lowest BCUT2D eigenvalue weighted by Gasteiger charge is -2.25. The third-order valence-corrected chi connectivity index (χ3v) is 5.19. The van der Waals surface area contributed by atoms with Crippen LogP contribution in [0.2, 0.25) is 5.02 Å². The number of benzene rings is 1. The Morgan fingerprint density at radius 3 is 2.62 bits per heavy atom. The van der Waals surface area contributed by atoms with Gasteiger partial charge < -0.3 is 20.4 Å². The molecule has 2 aliphatic rings. The van der Waals surface area contributed by atoms with E-state index in [1.807, 2.05) is 5.32 Å². The molecule has 1 unspecified atom stereocenters. The normalized spacial score (nSPS) is 19.6. The highest BCUT2D eigenvalue weighted by Gasteiger charge is 2.36. The number of anilines is 2. The van der Waals surface area contributed by atoms with Crippen LogP contribution in [-0.4, -0.2) is 54.6 Å². The number of rotatable bonds is 4. The number of nitrogens with one attached hydrogen (secondary N) is 2. The zero-order chi connectivity index (χ0) is 21.2. The molecule has 0 aliphatic carbocycles. The first-order chi connectivity index (χ1) is 13.7. The monoisotopic (exact) mass is 432 g/mol. The van der Waals surface area contributed by atoms with E-state index in [0.29, 0.717) is 25.1 Å². The summed E-state index contributed by atoms with van der Waals surface area (Å²) in [6, 6.07) is 3.17. The summed E-state index contributed by atoms with van der Waals surface area (Å²) in [5.41, 5.74) is 0.850. The molecule has 2 aliphatic heterocycles. The van der Waals surface area contributed by atoms with Gasteiger partial charge in [0.1, 0.15) is 12.6 Å². The number of carbonyl (C=O) groups excluding carboxylic acids is 3. The Hall–Kier alpha value is -2.49. The number of carbonyl (C=O) groups is 3. The number of hydrogen-bond donors (Lipinski definition) is 2. The standard InChI is InChI=1S/C18H20ClF3N4O3/c19-12-6-5-11(25-7-2-4-15(25)27)9-13(12)24-17(29)26-8-1-3-14(26)16(28)23-10-18(20,21)22/h5-6,9,14H,1-4,7-8,10H2,(H,23,28)(H,24,29). The van der Waals surface area contributed by atoms with Crippen molar-refractivity contribution in [2.24, 2.45) is 0 Å². The van der Waals surface area contributed by atoms with Gasteiger partial charge in [-0.25, -0.2) is 4.79 Å². The first kappa shape index (κ1) is 21.2. The van der Waals surface area contributed by atoms with E-state index in [1.54, 1.807) is 23.1 Å². The predicted molar refractivity (Wildman–Crippen MR) is 101 cm³/mol. The number of urea groups is 1. The van der Waals surface area contributed by atoms with Crippen LogP contribution in [0.25, 0.3) is 0 Å². The zero-order valence-corrected chi connectivity index (χ0v) is 16.1. The highest BCUT2D eigenvalue weighted by atomic mass is 35.5. The number of amides is 4. The van der Waals surface area contributed by atoms with Crippen LogP contribution in [0, 0.1) is 0 Å². The summed E-state index contributed by atoms with van der Waals surface area (Å²) < 4.78 is 37.0. The number of hydrogen-bond acceptors (Lipinski definition) is 3. The Morgan fingerprint density at radius 1 is 1.21 bits per heavy atom. The summed E-state index contributed by atoms with van der Waals surface area (Å²) in [6.45, 7) is -0.644. The molecule has 3 rings (SSSR count). The van der Waals surface area contributed by atoms with Crippen LogP contribution in [-0.2, 0) is 9.59 Å². The third-order valence-electron chi connectivity index (χ3n) is 4.86. The Kier molecular flexibility index (Phi) is 6.21. The molecule has 1 aromatic rings. The van der Waals surface area contributed by atoms with Gasteiger partial charge in [0.25, 0.3) is 0 Å². The maximum absolute atomic E-state index is 12.7. The highest BCUT2D eigenvalue weighted by Crippen LogP contribution is 2.31. The van der Waals surface area contributed by atoms with Gasteiger partial charge >= 0.3 is 12.2 Å². The number of nitrogens with zero attached hydrogens (tertiary/aromatic N) is 2. The van der Waals surface area contributed by atoms with Crippen molar-refractivity contribution in [3.05, 3.63) is 23.2 Å². The molecule has 11 heteroatoms. The summed E-state index contributed by atoms with van der Waals surface area (Å²) in [7, 11) is 0. The maximum atomic E-state index is 12.7. The molecule has 1 atom stereocenters. The molecule has 2 fully saturated rings. The molecule has 0 bridgehead atoms. The van der Waals surface area contributed by atoms with Gasteiger partial charge in [-0.2, -0.15) is 13.2 Å². The van der Waals surface area contributed by atoms with Gasteiger partial charge in [-0.3, -0.25) is 9.59 Å². The van der Waals surface area contributed by atoms with Crippen molar-refractivity contribution >= 4 is 40.8 Å². The minimum atomic E-state index is -4.53. The van der Waals surface area contributed by atoms with Crippen LogP contribution in [0.3, 0.4) is 0 Å². The van der Waals surface area contributed by atoms with Crippen molar-refractivity contribution in [1.29, 1.82) is 0 Å². The molecule has 0 aromatic heterocycles. The molecule has 29 heavy (non-hydrogen) atoms. The molecule has 0 spiro atoms. The molecular formula is C18H20ClF3N4O3. The van der Waals surface area contributed by atoms with Crippen LogP contribution in [0.15, 0.2) is 18.2 Å². The number of halogens is 4. The van der Waals surface area contributed by atoms with Crippen molar-refractivity contribution < 1.29 is 27.6 Å². The van der Waals surface area contributed by atoms with Crippen LogP contribution < -0.4 is 15.5 Å². The summed E-state index contributed by atoms with van der Waals surface area (Å²) in [4.78, 5) is 39.4. The van der Waals surface area contributed by atoms with Gasteiger partial charge in [-0.05, 0) is 37.5 Å². The van der Waals surface area contributed by atoms with Gasteiger partial charge in [-0.15, -0.1) is 0 Å². The van der Waals surface area contributed by atoms with Crippen LogP contribution >= 0.6 is 11.6 Å². The molecule has 2 saturated heterocycles. The Balaban J connectivity index is 1.69. The summed E-state index contributed by atoms with van der Waals surface area (Å²) in [5, 5.41) is 4.66. The maximum Gasteiger partial charge on any atom is 0.405 e. The Labute approximate surface area is 170 Å². The minimum absolute atomic E-state index is 0.0226. The largest absolute Gasteiger partial charge is 0.405 e. The van der Waals surface area contributed by atoms with Crippen molar-refractivity contribution in [2.45, 2.75) is 37.9 Å². The lowest BCUT2D eigenvalue weighted by atomic mass is 10.2. The second-order valence-electron chi connectivity index (χ2n) is 6.93. The van der Waals surface area contributed by atoms with Gasteiger partial charge in [0.2, 0.25) is 11.8 Å². The lowest BCUT2D eigenvalue weighted by Crippen LogP contribution is -2.49. The van der Waals surface area contributed by atoms with E-state index in [-0.39, 0.29) is 29.6 Å². The smallest absolute Gasteiger partial charge is 0.345 e. The fourth-order valence-electron chi connectivity index (χ4n) is 3.47. The lowest BCUT2D eigenvalue weighted by molar-refractivity contribution is -0.140. The van der Waals surface area contributed by atoms with E-state index in [0.717, 1.165) is 6.42 Å². The van der Waals surface area contributed by atoms with Gasteiger partial charge in [0, 0.05) is 25.2 Å². The van der Waals surface area contributed by atoms with E-state index in [2.05, 4.69) is 5.32 Å². The predicted octanol–water partition coefficient (Wildman–Crippen LogP) is 3.14. The van der Waals surface area contributed by atoms with Crippen molar-refractivity contribution in [3.8, 4) is 0 Å². The van der Waals surface area contributed by atoms with E-state index < -0.39 is 30.7 Å². The fourth-order valence-corrected chi connectivity index (χ4v) is 3.64. The Bertz CT molecular complexity index is 818. The average molecular weight is 433 g/mol. The van der Waals surface area contributed by atoms with Crippen LogP contribution in [0.1, 0.15) is 25.7 Å². The molecular weight excluding hydrogens is 413 g/mol. The molecule has 7 nitrogen and oxygen atoms in total. The average Bonchev–Trinajstić information content (AvgIpc) is 3.30. The molecule has 0 saturated carbocycles. The Morgan fingerprint density at radius 2 is 1.97 bits per heavy atom. The van der Waals surface area contributed by atoms with Crippen molar-refractivity contribution in [1.82, 2.24) is 10.2 Å². The molecule has 2 N–H and O–H groups in total.